The van der Waals surface area contributed by atoms with Crippen molar-refractivity contribution in [3.8, 4) is 0 Å². The summed E-state index contributed by atoms with van der Waals surface area (Å²) >= 11 is 0. The molecular weight excluding hydrogens is 430 g/mol. The lowest BCUT2D eigenvalue weighted by molar-refractivity contribution is -0.119. The van der Waals surface area contributed by atoms with Crippen molar-refractivity contribution >= 4 is 38.4 Å². The highest BCUT2D eigenvalue weighted by molar-refractivity contribution is 7.89. The molecule has 1 aliphatic rings. The number of nitrogens with zero attached hydrogens (tertiary/aromatic N) is 2. The number of rotatable bonds is 6. The Balaban J connectivity index is 1.59. The number of ether oxygens (including phenoxy) is 1. The number of carbonyl (C=O) groups is 2. The fraction of sp³-hybridized carbons (Fsp3) is 0.304. The minimum Gasteiger partial charge on any atom is -0.461 e. The van der Waals surface area contributed by atoms with Gasteiger partial charge in [-0.2, -0.15) is 4.31 Å². The third kappa shape index (κ3) is 4.01. The summed E-state index contributed by atoms with van der Waals surface area (Å²) in [6, 6.07) is 13.7. The van der Waals surface area contributed by atoms with Crippen LogP contribution >= 0.6 is 0 Å². The first-order chi connectivity index (χ1) is 15.3. The fourth-order valence-electron chi connectivity index (χ4n) is 4.06. The van der Waals surface area contributed by atoms with Crippen LogP contribution in [0.15, 0.2) is 59.6 Å². The van der Waals surface area contributed by atoms with Crippen LogP contribution in [0, 0.1) is 0 Å². The molecule has 1 unspecified atom stereocenters. The Morgan fingerprint density at radius 3 is 2.69 bits per heavy atom. The Bertz CT molecular complexity index is 1280. The number of hydrogen-bond donors (Lipinski definition) is 1. The van der Waals surface area contributed by atoms with Crippen molar-refractivity contribution in [3.05, 3.63) is 60.4 Å². The minimum absolute atomic E-state index is 0.0343. The molecule has 0 bridgehead atoms. The normalized spacial score (nSPS) is 16.9. The summed E-state index contributed by atoms with van der Waals surface area (Å²) in [5.41, 5.74) is 0.781. The molecule has 1 aromatic heterocycles. The Kier molecular flexibility index (Phi) is 6.03. The van der Waals surface area contributed by atoms with Crippen molar-refractivity contribution in [2.75, 3.05) is 18.5 Å². The number of nitrogens with one attached hydrogen (secondary N) is 1. The van der Waals surface area contributed by atoms with Crippen LogP contribution in [-0.2, 0) is 26.6 Å². The summed E-state index contributed by atoms with van der Waals surface area (Å²) in [6.45, 7) is 2.11. The Morgan fingerprint density at radius 2 is 1.91 bits per heavy atom. The Labute approximate surface area is 186 Å². The molecule has 1 fully saturated rings. The topological polar surface area (TPSA) is 97.7 Å². The maximum Gasteiger partial charge on any atom is 0.354 e. The van der Waals surface area contributed by atoms with Crippen molar-refractivity contribution in [1.29, 1.82) is 0 Å². The summed E-state index contributed by atoms with van der Waals surface area (Å²) in [5.74, 6) is -0.966. The van der Waals surface area contributed by atoms with E-state index in [-0.39, 0.29) is 29.6 Å². The zero-order valence-corrected chi connectivity index (χ0v) is 18.8. The molecular formula is C23H25N3O5S. The van der Waals surface area contributed by atoms with Crippen LogP contribution in [-0.4, -0.2) is 48.4 Å². The molecule has 1 atom stereocenters. The van der Waals surface area contributed by atoms with E-state index in [1.165, 1.54) is 21.1 Å². The second-order valence-electron chi connectivity index (χ2n) is 7.68. The lowest BCUT2D eigenvalue weighted by Gasteiger charge is -2.23. The highest BCUT2D eigenvalue weighted by Crippen LogP contribution is 2.29. The number of anilines is 1. The molecule has 9 heteroatoms. The van der Waals surface area contributed by atoms with E-state index >= 15 is 0 Å². The van der Waals surface area contributed by atoms with Gasteiger partial charge < -0.3 is 14.6 Å². The van der Waals surface area contributed by atoms with E-state index in [2.05, 4.69) is 5.32 Å². The van der Waals surface area contributed by atoms with Gasteiger partial charge in [-0.15, -0.1) is 0 Å². The summed E-state index contributed by atoms with van der Waals surface area (Å²) in [5, 5.41) is 4.78. The first kappa shape index (κ1) is 22.0. The standard InChI is InChI=1S/C23H25N3O5S/c1-3-31-23(28)21-14-17(15-25(21)2)32(29,30)26-13-7-12-20(26)22(27)24-19-11-6-9-16-8-4-5-10-18(16)19/h4-6,8-11,14-15,20H,3,7,12-13H2,1-2H3,(H,24,27). The van der Waals surface area contributed by atoms with Crippen LogP contribution in [0.5, 0.6) is 0 Å². The van der Waals surface area contributed by atoms with Crippen LogP contribution in [0.2, 0.25) is 0 Å². The number of aromatic nitrogens is 1. The van der Waals surface area contributed by atoms with E-state index in [1.807, 2.05) is 36.4 Å². The van der Waals surface area contributed by atoms with Gasteiger partial charge in [-0.1, -0.05) is 36.4 Å². The quantitative estimate of drug-likeness (QED) is 0.576. The van der Waals surface area contributed by atoms with Crippen LogP contribution in [0.3, 0.4) is 0 Å². The zero-order chi connectivity index (χ0) is 22.9. The van der Waals surface area contributed by atoms with E-state index in [0.29, 0.717) is 18.5 Å². The lowest BCUT2D eigenvalue weighted by atomic mass is 10.1. The average molecular weight is 456 g/mol. The van der Waals surface area contributed by atoms with Crippen molar-refractivity contribution in [2.24, 2.45) is 7.05 Å². The van der Waals surface area contributed by atoms with E-state index < -0.39 is 22.0 Å². The molecule has 3 aromatic rings. The number of fused-ring (bicyclic) bond motifs is 1. The van der Waals surface area contributed by atoms with Crippen molar-refractivity contribution in [2.45, 2.75) is 30.7 Å². The summed E-state index contributed by atoms with van der Waals surface area (Å²) < 4.78 is 34.3. The number of benzene rings is 2. The van der Waals surface area contributed by atoms with Crippen LogP contribution < -0.4 is 5.32 Å². The number of carbonyl (C=O) groups excluding carboxylic acids is 2. The van der Waals surface area contributed by atoms with Crippen LogP contribution in [0.4, 0.5) is 5.69 Å². The molecule has 0 radical (unpaired) electrons. The Hall–Kier alpha value is -3.17. The van der Waals surface area contributed by atoms with E-state index in [0.717, 1.165) is 10.8 Å². The Morgan fingerprint density at radius 1 is 1.16 bits per heavy atom. The SMILES string of the molecule is CCOC(=O)c1cc(S(=O)(=O)N2CCCC2C(=O)Nc2cccc3ccccc23)cn1C. The molecule has 2 aromatic carbocycles. The van der Waals surface area contributed by atoms with Crippen LogP contribution in [0.1, 0.15) is 30.3 Å². The number of hydrogen-bond acceptors (Lipinski definition) is 5. The van der Waals surface area contributed by atoms with Gasteiger partial charge in [-0.05, 0) is 37.3 Å². The molecule has 2 heterocycles. The van der Waals surface area contributed by atoms with Gasteiger partial charge in [-0.3, -0.25) is 4.79 Å². The molecule has 32 heavy (non-hydrogen) atoms. The molecule has 168 valence electrons. The van der Waals surface area contributed by atoms with Gasteiger partial charge in [0.1, 0.15) is 16.6 Å². The molecule has 1 aliphatic heterocycles. The van der Waals surface area contributed by atoms with Gasteiger partial charge in [0, 0.05) is 30.9 Å². The molecule has 1 N–H and O–H groups in total. The first-order valence-corrected chi connectivity index (χ1v) is 11.9. The van der Waals surface area contributed by atoms with Gasteiger partial charge >= 0.3 is 5.97 Å². The van der Waals surface area contributed by atoms with Crippen molar-refractivity contribution in [1.82, 2.24) is 8.87 Å². The van der Waals surface area contributed by atoms with Crippen molar-refractivity contribution in [3.63, 3.8) is 0 Å². The van der Waals surface area contributed by atoms with Crippen LogP contribution in [0.25, 0.3) is 10.8 Å². The minimum atomic E-state index is -3.97. The number of amides is 1. The monoisotopic (exact) mass is 455 g/mol. The highest BCUT2D eigenvalue weighted by atomic mass is 32.2. The molecule has 0 saturated carbocycles. The molecule has 0 aliphatic carbocycles. The smallest absolute Gasteiger partial charge is 0.354 e. The lowest BCUT2D eigenvalue weighted by Crippen LogP contribution is -2.43. The second kappa shape index (κ2) is 8.76. The average Bonchev–Trinajstić information content (AvgIpc) is 3.42. The van der Waals surface area contributed by atoms with E-state index in [1.54, 1.807) is 20.0 Å². The molecule has 1 amide bonds. The molecule has 4 rings (SSSR count). The largest absolute Gasteiger partial charge is 0.461 e. The maximum absolute atomic E-state index is 13.3. The second-order valence-corrected chi connectivity index (χ2v) is 9.57. The number of esters is 1. The highest BCUT2D eigenvalue weighted by Gasteiger charge is 2.40. The third-order valence-electron chi connectivity index (χ3n) is 5.62. The first-order valence-electron chi connectivity index (χ1n) is 10.5. The molecule has 0 spiro atoms. The predicted molar refractivity (Wildman–Crippen MR) is 121 cm³/mol. The van der Waals surface area contributed by atoms with Gasteiger partial charge in [0.2, 0.25) is 15.9 Å². The van der Waals surface area contributed by atoms with E-state index in [9.17, 15) is 18.0 Å². The van der Waals surface area contributed by atoms with Gasteiger partial charge in [0.15, 0.2) is 0 Å². The zero-order valence-electron chi connectivity index (χ0n) is 17.9. The number of sulfonamides is 1. The van der Waals surface area contributed by atoms with Gasteiger partial charge in [0.05, 0.1) is 6.61 Å². The van der Waals surface area contributed by atoms with E-state index in [4.69, 9.17) is 4.74 Å². The molecule has 1 saturated heterocycles. The number of aryl methyl sites for hydroxylation is 1. The van der Waals surface area contributed by atoms with Gasteiger partial charge in [0.25, 0.3) is 0 Å². The fourth-order valence-corrected chi connectivity index (χ4v) is 5.79. The predicted octanol–water partition coefficient (Wildman–Crippen LogP) is 3.15. The third-order valence-corrected chi connectivity index (χ3v) is 7.50. The van der Waals surface area contributed by atoms with Gasteiger partial charge in [-0.25, -0.2) is 13.2 Å². The van der Waals surface area contributed by atoms with Crippen molar-refractivity contribution < 1.29 is 22.7 Å². The summed E-state index contributed by atoms with van der Waals surface area (Å²) in [7, 11) is -2.39. The summed E-state index contributed by atoms with van der Waals surface area (Å²) in [6.07, 6.45) is 2.37. The summed E-state index contributed by atoms with van der Waals surface area (Å²) in [4.78, 5) is 25.2. The molecule has 8 nitrogen and oxygen atoms in total. The maximum atomic E-state index is 13.3.